The van der Waals surface area contributed by atoms with E-state index in [1.807, 2.05) is 0 Å². The maximum absolute atomic E-state index is 12.0. The molecule has 7 nitrogen and oxygen atoms in total. The Kier molecular flexibility index (Phi) is 6.64. The third-order valence-corrected chi connectivity index (χ3v) is 2.84. The van der Waals surface area contributed by atoms with Crippen LogP contribution in [0.3, 0.4) is 0 Å². The zero-order chi connectivity index (χ0) is 15.8. The summed E-state index contributed by atoms with van der Waals surface area (Å²) >= 11 is 0. The molecule has 2 atom stereocenters. The molecule has 0 aliphatic carbocycles. The average molecular weight is 296 g/mol. The van der Waals surface area contributed by atoms with E-state index >= 15 is 0 Å². The zero-order valence-corrected chi connectivity index (χ0v) is 12.0. The summed E-state index contributed by atoms with van der Waals surface area (Å²) in [4.78, 5) is 24.5. The SMILES string of the molecule is COCC(O)CN(C)C(=O)NC(C(=O)O)c1ccccc1. The van der Waals surface area contributed by atoms with Crippen LogP contribution >= 0.6 is 0 Å². The molecule has 2 unspecified atom stereocenters. The van der Waals surface area contributed by atoms with Gasteiger partial charge >= 0.3 is 12.0 Å². The normalized spacial score (nSPS) is 13.3. The Hall–Kier alpha value is -2.12. The summed E-state index contributed by atoms with van der Waals surface area (Å²) in [7, 11) is 2.91. The Bertz CT molecular complexity index is 466. The van der Waals surface area contributed by atoms with Crippen LogP contribution in [-0.2, 0) is 9.53 Å². The number of methoxy groups -OCH3 is 1. The van der Waals surface area contributed by atoms with Gasteiger partial charge in [0.15, 0.2) is 6.04 Å². The minimum Gasteiger partial charge on any atom is -0.479 e. The van der Waals surface area contributed by atoms with Crippen molar-refractivity contribution < 1.29 is 24.5 Å². The van der Waals surface area contributed by atoms with E-state index in [0.717, 1.165) is 0 Å². The largest absolute Gasteiger partial charge is 0.479 e. The number of carbonyl (C=O) groups is 2. The first kappa shape index (κ1) is 16.9. The number of amides is 2. The van der Waals surface area contributed by atoms with Crippen molar-refractivity contribution in [1.29, 1.82) is 0 Å². The van der Waals surface area contributed by atoms with Gasteiger partial charge < -0.3 is 25.2 Å². The van der Waals surface area contributed by atoms with Gasteiger partial charge in [0, 0.05) is 14.2 Å². The molecule has 1 aromatic rings. The van der Waals surface area contributed by atoms with Crippen LogP contribution in [0.25, 0.3) is 0 Å². The van der Waals surface area contributed by atoms with E-state index in [9.17, 15) is 19.8 Å². The maximum Gasteiger partial charge on any atom is 0.330 e. The molecule has 1 rings (SSSR count). The predicted molar refractivity (Wildman–Crippen MR) is 75.9 cm³/mol. The van der Waals surface area contributed by atoms with Crippen LogP contribution in [0.5, 0.6) is 0 Å². The van der Waals surface area contributed by atoms with Crippen LogP contribution < -0.4 is 5.32 Å². The van der Waals surface area contributed by atoms with Crippen LogP contribution in [-0.4, -0.2) is 60.5 Å². The van der Waals surface area contributed by atoms with E-state index in [1.54, 1.807) is 30.3 Å². The van der Waals surface area contributed by atoms with Gasteiger partial charge in [-0.3, -0.25) is 0 Å². The van der Waals surface area contributed by atoms with Gasteiger partial charge in [-0.15, -0.1) is 0 Å². The van der Waals surface area contributed by atoms with Crippen molar-refractivity contribution in [3.8, 4) is 0 Å². The fraction of sp³-hybridized carbons (Fsp3) is 0.429. The highest BCUT2D eigenvalue weighted by Gasteiger charge is 2.24. The number of aliphatic hydroxyl groups excluding tert-OH is 1. The Morgan fingerprint density at radius 3 is 2.48 bits per heavy atom. The molecule has 3 N–H and O–H groups in total. The van der Waals surface area contributed by atoms with Crippen molar-refractivity contribution >= 4 is 12.0 Å². The molecule has 0 fully saturated rings. The molecule has 0 saturated carbocycles. The van der Waals surface area contributed by atoms with E-state index in [2.05, 4.69) is 5.32 Å². The fourth-order valence-corrected chi connectivity index (χ4v) is 1.81. The minimum atomic E-state index is -1.15. The first-order valence-electron chi connectivity index (χ1n) is 6.42. The van der Waals surface area contributed by atoms with Gasteiger partial charge in [0.2, 0.25) is 0 Å². The molecule has 0 saturated heterocycles. The number of aliphatic hydroxyl groups is 1. The van der Waals surface area contributed by atoms with Crippen LogP contribution in [0.4, 0.5) is 4.79 Å². The fourth-order valence-electron chi connectivity index (χ4n) is 1.81. The summed E-state index contributed by atoms with van der Waals surface area (Å²) in [6, 6.07) is 6.68. The summed E-state index contributed by atoms with van der Waals surface area (Å²) in [6.45, 7) is 0.138. The quantitative estimate of drug-likeness (QED) is 0.679. The highest BCUT2D eigenvalue weighted by Crippen LogP contribution is 2.13. The summed E-state index contributed by atoms with van der Waals surface area (Å²) in [5, 5.41) is 21.2. The van der Waals surface area contributed by atoms with Crippen LogP contribution in [0, 0.1) is 0 Å². The molecule has 0 spiro atoms. The average Bonchev–Trinajstić information content (AvgIpc) is 2.45. The van der Waals surface area contributed by atoms with Crippen LogP contribution in [0.1, 0.15) is 11.6 Å². The molecule has 0 radical (unpaired) electrons. The summed E-state index contributed by atoms with van der Waals surface area (Å²) < 4.78 is 4.77. The smallest absolute Gasteiger partial charge is 0.330 e. The molecule has 0 aliphatic rings. The first-order chi connectivity index (χ1) is 9.95. The molecule has 7 heteroatoms. The Morgan fingerprint density at radius 2 is 1.95 bits per heavy atom. The molecule has 1 aromatic carbocycles. The molecule has 0 heterocycles. The third-order valence-electron chi connectivity index (χ3n) is 2.84. The van der Waals surface area contributed by atoms with Crippen molar-refractivity contribution in [2.45, 2.75) is 12.1 Å². The lowest BCUT2D eigenvalue weighted by molar-refractivity contribution is -0.139. The van der Waals surface area contributed by atoms with E-state index < -0.39 is 24.1 Å². The van der Waals surface area contributed by atoms with Crippen LogP contribution in [0.15, 0.2) is 30.3 Å². The second-order valence-electron chi connectivity index (χ2n) is 4.62. The number of nitrogens with zero attached hydrogens (tertiary/aromatic N) is 1. The second-order valence-corrected chi connectivity index (χ2v) is 4.62. The number of urea groups is 1. The standard InChI is InChI=1S/C14H20N2O5/c1-16(8-11(17)9-21-2)14(20)15-12(13(18)19)10-6-4-3-5-7-10/h3-7,11-12,17H,8-9H2,1-2H3,(H,15,20)(H,18,19). The van der Waals surface area contributed by atoms with Crippen molar-refractivity contribution in [2.24, 2.45) is 0 Å². The molecule has 0 aliphatic heterocycles. The molecule has 0 aromatic heterocycles. The Morgan fingerprint density at radius 1 is 1.33 bits per heavy atom. The van der Waals surface area contributed by atoms with Crippen molar-refractivity contribution in [3.63, 3.8) is 0 Å². The van der Waals surface area contributed by atoms with Gasteiger partial charge in [0.05, 0.1) is 19.3 Å². The number of ether oxygens (including phenoxy) is 1. The number of likely N-dealkylation sites (N-methyl/N-ethyl adjacent to an activating group) is 1. The van der Waals surface area contributed by atoms with Crippen molar-refractivity contribution in [2.75, 3.05) is 27.3 Å². The number of hydrogen-bond acceptors (Lipinski definition) is 4. The third kappa shape index (κ3) is 5.41. The number of carboxylic acid groups (broad SMARTS) is 1. The highest BCUT2D eigenvalue weighted by molar-refractivity contribution is 5.83. The van der Waals surface area contributed by atoms with Gasteiger partial charge in [-0.2, -0.15) is 0 Å². The highest BCUT2D eigenvalue weighted by atomic mass is 16.5. The minimum absolute atomic E-state index is 0.0425. The lowest BCUT2D eigenvalue weighted by Gasteiger charge is -2.23. The Balaban J connectivity index is 2.67. The van der Waals surface area contributed by atoms with Gasteiger partial charge in [0.25, 0.3) is 0 Å². The number of benzene rings is 1. The topological polar surface area (TPSA) is 99.1 Å². The molecular formula is C14H20N2O5. The second kappa shape index (κ2) is 8.23. The molecular weight excluding hydrogens is 276 g/mol. The number of nitrogens with one attached hydrogen (secondary N) is 1. The molecule has 116 valence electrons. The van der Waals surface area contributed by atoms with Gasteiger partial charge in [0.1, 0.15) is 0 Å². The summed E-state index contributed by atoms with van der Waals surface area (Å²) in [5.41, 5.74) is 0.476. The van der Waals surface area contributed by atoms with E-state index in [0.29, 0.717) is 5.56 Å². The van der Waals surface area contributed by atoms with Crippen molar-refractivity contribution in [1.82, 2.24) is 10.2 Å². The zero-order valence-electron chi connectivity index (χ0n) is 12.0. The van der Waals surface area contributed by atoms with E-state index in [-0.39, 0.29) is 13.2 Å². The monoisotopic (exact) mass is 296 g/mol. The first-order valence-corrected chi connectivity index (χ1v) is 6.42. The Labute approximate surface area is 123 Å². The number of rotatable bonds is 7. The number of aliphatic carboxylic acids is 1. The number of hydrogen-bond donors (Lipinski definition) is 3. The molecule has 0 bridgehead atoms. The molecule has 21 heavy (non-hydrogen) atoms. The van der Waals surface area contributed by atoms with Crippen molar-refractivity contribution in [3.05, 3.63) is 35.9 Å². The van der Waals surface area contributed by atoms with E-state index in [4.69, 9.17) is 4.74 Å². The maximum atomic E-state index is 12.0. The van der Waals surface area contributed by atoms with Gasteiger partial charge in [-0.05, 0) is 5.56 Å². The lowest BCUT2D eigenvalue weighted by atomic mass is 10.1. The number of carboxylic acids is 1. The van der Waals surface area contributed by atoms with Gasteiger partial charge in [-0.25, -0.2) is 9.59 Å². The van der Waals surface area contributed by atoms with E-state index in [1.165, 1.54) is 19.1 Å². The number of carbonyl (C=O) groups excluding carboxylic acids is 1. The van der Waals surface area contributed by atoms with Gasteiger partial charge in [-0.1, -0.05) is 30.3 Å². The summed E-state index contributed by atoms with van der Waals surface area (Å²) in [5.74, 6) is -1.15. The summed E-state index contributed by atoms with van der Waals surface area (Å²) in [6.07, 6.45) is -0.828. The predicted octanol–water partition coefficient (Wildman–Crippen LogP) is 0.461. The van der Waals surface area contributed by atoms with Crippen LogP contribution in [0.2, 0.25) is 0 Å². The lowest BCUT2D eigenvalue weighted by Crippen LogP contribution is -2.45. The molecule has 2 amide bonds.